The van der Waals surface area contributed by atoms with Crippen LogP contribution in [0.2, 0.25) is 0 Å². The maximum absolute atomic E-state index is 2.32. The van der Waals surface area contributed by atoms with Crippen molar-refractivity contribution in [1.82, 2.24) is 0 Å². The van der Waals surface area contributed by atoms with E-state index in [4.69, 9.17) is 0 Å². The van der Waals surface area contributed by atoms with Crippen LogP contribution >= 0.6 is 0 Å². The molecule has 0 aliphatic heterocycles. The summed E-state index contributed by atoms with van der Waals surface area (Å²) in [7, 11) is 0. The summed E-state index contributed by atoms with van der Waals surface area (Å²) >= 11 is 0. The summed E-state index contributed by atoms with van der Waals surface area (Å²) < 4.78 is 0. The highest BCUT2D eigenvalue weighted by Crippen LogP contribution is 2.14. The lowest BCUT2D eigenvalue weighted by Crippen LogP contribution is -1.92. The molecule has 0 aromatic heterocycles. The first-order valence-electron chi connectivity index (χ1n) is 7.10. The van der Waals surface area contributed by atoms with Gasteiger partial charge in [0.1, 0.15) is 0 Å². The number of hydrogen-bond donors (Lipinski definition) is 0. The van der Waals surface area contributed by atoms with E-state index in [2.05, 4.69) is 27.2 Å². The molecule has 0 rings (SSSR count). The van der Waals surface area contributed by atoms with Crippen molar-refractivity contribution in [3.05, 3.63) is 6.42 Å². The minimum atomic E-state index is 0.828. The third-order valence-corrected chi connectivity index (χ3v) is 3.33. The average Bonchev–Trinajstić information content (AvgIpc) is 2.26. The van der Waals surface area contributed by atoms with Crippen molar-refractivity contribution in [1.29, 1.82) is 0 Å². The van der Waals surface area contributed by atoms with Crippen LogP contribution in [0.3, 0.4) is 0 Å². The Bertz CT molecular complexity index is 107. The van der Waals surface area contributed by atoms with Crippen molar-refractivity contribution in [3.63, 3.8) is 0 Å². The monoisotopic (exact) mass is 211 g/mol. The molecule has 0 aliphatic rings. The summed E-state index contributed by atoms with van der Waals surface area (Å²) in [6.45, 7) is 6.79. The van der Waals surface area contributed by atoms with Crippen LogP contribution in [0, 0.1) is 12.3 Å². The van der Waals surface area contributed by atoms with Crippen LogP contribution in [-0.2, 0) is 0 Å². The normalized spacial score (nSPS) is 13.0. The minimum absolute atomic E-state index is 0.828. The molecule has 0 nitrogen and oxygen atoms in total. The maximum Gasteiger partial charge on any atom is -0.0389 e. The molecule has 0 heteroatoms. The van der Waals surface area contributed by atoms with E-state index in [0.29, 0.717) is 0 Å². The molecule has 0 aliphatic carbocycles. The second-order valence-corrected chi connectivity index (χ2v) is 4.93. The van der Waals surface area contributed by atoms with Crippen molar-refractivity contribution < 1.29 is 0 Å². The first-order valence-corrected chi connectivity index (χ1v) is 7.10. The fourth-order valence-corrected chi connectivity index (χ4v) is 1.94. The van der Waals surface area contributed by atoms with Crippen LogP contribution in [0.25, 0.3) is 0 Å². The van der Waals surface area contributed by atoms with Gasteiger partial charge in [-0.05, 0) is 12.3 Å². The van der Waals surface area contributed by atoms with Gasteiger partial charge in [0.2, 0.25) is 0 Å². The standard InChI is InChI=1S/C15H31/c1-4-6-7-8-9-10-11-12-13-14-15(3)5-2/h5,15H,4,6-14H2,1-3H3. The average molecular weight is 211 g/mol. The molecular weight excluding hydrogens is 180 g/mol. The van der Waals surface area contributed by atoms with Crippen LogP contribution in [-0.4, -0.2) is 0 Å². The SMILES string of the molecule is C[CH]C(C)CCCCCCCCCCC. The van der Waals surface area contributed by atoms with Gasteiger partial charge in [-0.15, -0.1) is 0 Å². The Morgan fingerprint density at radius 3 is 1.73 bits per heavy atom. The van der Waals surface area contributed by atoms with Gasteiger partial charge in [-0.25, -0.2) is 0 Å². The summed E-state index contributed by atoms with van der Waals surface area (Å²) in [4.78, 5) is 0. The van der Waals surface area contributed by atoms with Gasteiger partial charge >= 0.3 is 0 Å². The highest BCUT2D eigenvalue weighted by atomic mass is 14.0. The lowest BCUT2D eigenvalue weighted by molar-refractivity contribution is 0.516. The molecule has 0 amide bonds. The number of unbranched alkanes of at least 4 members (excludes halogenated alkanes) is 8. The van der Waals surface area contributed by atoms with E-state index in [9.17, 15) is 0 Å². The van der Waals surface area contributed by atoms with Gasteiger partial charge in [0.25, 0.3) is 0 Å². The molecule has 1 unspecified atom stereocenters. The van der Waals surface area contributed by atoms with E-state index < -0.39 is 0 Å². The Labute approximate surface area is 97.8 Å². The van der Waals surface area contributed by atoms with E-state index in [0.717, 1.165) is 5.92 Å². The zero-order valence-corrected chi connectivity index (χ0v) is 11.2. The van der Waals surface area contributed by atoms with Crippen molar-refractivity contribution >= 4 is 0 Å². The second-order valence-electron chi connectivity index (χ2n) is 4.93. The third-order valence-electron chi connectivity index (χ3n) is 3.33. The fourth-order valence-electron chi connectivity index (χ4n) is 1.94. The topological polar surface area (TPSA) is 0 Å². The van der Waals surface area contributed by atoms with E-state index >= 15 is 0 Å². The molecule has 1 radical (unpaired) electrons. The largest absolute Gasteiger partial charge is 0.0654 e. The molecule has 1 atom stereocenters. The van der Waals surface area contributed by atoms with E-state index in [1.807, 2.05) is 0 Å². The Morgan fingerprint density at radius 1 is 0.800 bits per heavy atom. The zero-order valence-electron chi connectivity index (χ0n) is 11.2. The summed E-state index contributed by atoms with van der Waals surface area (Å²) in [5.41, 5.74) is 0. The predicted octanol–water partition coefficient (Wildman–Crippen LogP) is 5.77. The number of hydrogen-bond acceptors (Lipinski definition) is 0. The fraction of sp³-hybridized carbons (Fsp3) is 0.933. The Kier molecular flexibility index (Phi) is 12.1. The quantitative estimate of drug-likeness (QED) is 0.381. The minimum Gasteiger partial charge on any atom is -0.0654 e. The van der Waals surface area contributed by atoms with Crippen molar-refractivity contribution in [2.24, 2.45) is 5.92 Å². The van der Waals surface area contributed by atoms with Gasteiger partial charge in [0.15, 0.2) is 0 Å². The summed E-state index contributed by atoms with van der Waals surface area (Å²) in [6, 6.07) is 0. The van der Waals surface area contributed by atoms with Gasteiger partial charge in [-0.2, -0.15) is 0 Å². The van der Waals surface area contributed by atoms with Crippen LogP contribution in [0.15, 0.2) is 0 Å². The van der Waals surface area contributed by atoms with Gasteiger partial charge in [-0.3, -0.25) is 0 Å². The highest BCUT2D eigenvalue weighted by molar-refractivity contribution is 4.65. The summed E-state index contributed by atoms with van der Waals surface area (Å²) in [6.07, 6.45) is 16.7. The van der Waals surface area contributed by atoms with Crippen LogP contribution in [0.4, 0.5) is 0 Å². The van der Waals surface area contributed by atoms with Crippen molar-refractivity contribution in [2.45, 2.75) is 85.0 Å². The van der Waals surface area contributed by atoms with E-state index in [1.54, 1.807) is 0 Å². The van der Waals surface area contributed by atoms with Crippen molar-refractivity contribution in [2.75, 3.05) is 0 Å². The molecule has 0 spiro atoms. The highest BCUT2D eigenvalue weighted by Gasteiger charge is 1.98. The van der Waals surface area contributed by atoms with E-state index in [1.165, 1.54) is 64.2 Å². The lowest BCUT2D eigenvalue weighted by atomic mass is 9.99. The number of rotatable bonds is 11. The van der Waals surface area contributed by atoms with Gasteiger partial charge in [0, 0.05) is 0 Å². The molecule has 15 heavy (non-hydrogen) atoms. The molecule has 0 heterocycles. The third kappa shape index (κ3) is 11.9. The van der Waals surface area contributed by atoms with Crippen LogP contribution < -0.4 is 0 Å². The second kappa shape index (κ2) is 12.1. The maximum atomic E-state index is 2.32. The van der Waals surface area contributed by atoms with Crippen LogP contribution in [0.1, 0.15) is 85.0 Å². The lowest BCUT2D eigenvalue weighted by Gasteiger charge is -2.07. The molecule has 91 valence electrons. The molecule has 0 bridgehead atoms. The van der Waals surface area contributed by atoms with E-state index in [-0.39, 0.29) is 0 Å². The molecule has 0 aromatic rings. The first-order chi connectivity index (χ1) is 7.31. The van der Waals surface area contributed by atoms with Crippen LogP contribution in [0.5, 0.6) is 0 Å². The Balaban J connectivity index is 2.92. The summed E-state index contributed by atoms with van der Waals surface area (Å²) in [5.74, 6) is 0.828. The zero-order chi connectivity index (χ0) is 11.4. The predicted molar refractivity (Wildman–Crippen MR) is 71.0 cm³/mol. The summed E-state index contributed by atoms with van der Waals surface area (Å²) in [5, 5.41) is 0. The van der Waals surface area contributed by atoms with Gasteiger partial charge in [-0.1, -0.05) is 85.0 Å². The molecular formula is C15H31. The van der Waals surface area contributed by atoms with Crippen molar-refractivity contribution in [3.8, 4) is 0 Å². The molecule has 0 saturated carbocycles. The molecule has 0 fully saturated rings. The molecule has 0 N–H and O–H groups in total. The first kappa shape index (κ1) is 15.0. The van der Waals surface area contributed by atoms with Gasteiger partial charge < -0.3 is 0 Å². The molecule has 0 saturated heterocycles. The Morgan fingerprint density at radius 2 is 1.27 bits per heavy atom. The smallest absolute Gasteiger partial charge is 0.0389 e. The van der Waals surface area contributed by atoms with Gasteiger partial charge in [0.05, 0.1) is 0 Å². The Hall–Kier alpha value is 0. The molecule has 0 aromatic carbocycles.